The smallest absolute Gasteiger partial charge is 0.288 e. The summed E-state index contributed by atoms with van der Waals surface area (Å²) in [5.41, 5.74) is -1.79. The van der Waals surface area contributed by atoms with Crippen LogP contribution in [0.2, 0.25) is 0 Å². The van der Waals surface area contributed by atoms with Crippen LogP contribution in [0.4, 0.5) is 22.0 Å². The number of carbonyl (C=O) groups is 2. The van der Waals surface area contributed by atoms with Crippen LogP contribution in [-0.4, -0.2) is 35.3 Å². The van der Waals surface area contributed by atoms with Gasteiger partial charge in [-0.15, -0.1) is 0 Å². The maximum Gasteiger partial charge on any atom is 0.417 e. The molecule has 0 spiro atoms. The van der Waals surface area contributed by atoms with E-state index < -0.39 is 40.8 Å². The Balaban J connectivity index is 2.30. The molecular formula is C17H12F5N3O3. The second-order valence-corrected chi connectivity index (χ2v) is 5.41. The lowest BCUT2D eigenvalue weighted by molar-refractivity contribution is -0.138. The van der Waals surface area contributed by atoms with E-state index in [1.54, 1.807) is 0 Å². The van der Waals surface area contributed by atoms with Gasteiger partial charge in [0, 0.05) is 18.2 Å². The SMILES string of the molecule is CN(N=Cc1ccc(C(=O)NO)cc1F)C(=O)c1c(F)cccc1C(F)(F)F. The molecule has 11 heteroatoms. The standard InChI is InChI=1S/C17H12F5N3O3/c1-25(16(27)14-11(17(20,21)22)3-2-4-12(14)18)23-8-10-6-5-9(7-13(10)19)15(26)24-28/h2-8,28H,1H3,(H,24,26). The highest BCUT2D eigenvalue weighted by Crippen LogP contribution is 2.33. The van der Waals surface area contributed by atoms with Gasteiger partial charge < -0.3 is 0 Å². The highest BCUT2D eigenvalue weighted by atomic mass is 19.4. The number of benzene rings is 2. The Morgan fingerprint density at radius 2 is 1.82 bits per heavy atom. The molecule has 6 nitrogen and oxygen atoms in total. The summed E-state index contributed by atoms with van der Waals surface area (Å²) in [4.78, 5) is 23.4. The molecule has 2 N–H and O–H groups in total. The number of nitrogens with one attached hydrogen (secondary N) is 1. The van der Waals surface area contributed by atoms with E-state index >= 15 is 0 Å². The first-order valence-corrected chi connectivity index (χ1v) is 7.48. The third kappa shape index (κ3) is 4.49. The van der Waals surface area contributed by atoms with Crippen LogP contribution in [0.3, 0.4) is 0 Å². The molecule has 2 aromatic rings. The van der Waals surface area contributed by atoms with Crippen molar-refractivity contribution in [2.24, 2.45) is 5.10 Å². The lowest BCUT2D eigenvalue weighted by Gasteiger charge is -2.16. The number of hydroxylamine groups is 1. The van der Waals surface area contributed by atoms with Gasteiger partial charge in [-0.05, 0) is 30.3 Å². The predicted molar refractivity (Wildman–Crippen MR) is 86.7 cm³/mol. The molecule has 0 aliphatic carbocycles. The third-order valence-corrected chi connectivity index (χ3v) is 3.56. The van der Waals surface area contributed by atoms with Crippen molar-refractivity contribution in [1.82, 2.24) is 10.5 Å². The Bertz CT molecular complexity index is 944. The zero-order valence-electron chi connectivity index (χ0n) is 14.1. The quantitative estimate of drug-likeness (QED) is 0.357. The minimum absolute atomic E-state index is 0.206. The predicted octanol–water partition coefficient (Wildman–Crippen LogP) is 3.21. The minimum Gasteiger partial charge on any atom is -0.288 e. The molecular weight excluding hydrogens is 389 g/mol. The van der Waals surface area contributed by atoms with Gasteiger partial charge in [0.15, 0.2) is 0 Å². The van der Waals surface area contributed by atoms with Crippen LogP contribution in [0.5, 0.6) is 0 Å². The Morgan fingerprint density at radius 1 is 1.14 bits per heavy atom. The molecule has 0 aliphatic heterocycles. The van der Waals surface area contributed by atoms with E-state index in [4.69, 9.17) is 5.21 Å². The number of hydrogen-bond donors (Lipinski definition) is 2. The van der Waals surface area contributed by atoms with E-state index in [0.717, 1.165) is 37.5 Å². The average molecular weight is 401 g/mol. The van der Waals surface area contributed by atoms with Crippen LogP contribution in [0, 0.1) is 11.6 Å². The molecule has 0 bridgehead atoms. The molecule has 0 unspecified atom stereocenters. The molecule has 0 heterocycles. The number of carbonyl (C=O) groups excluding carboxylic acids is 2. The second-order valence-electron chi connectivity index (χ2n) is 5.41. The molecule has 0 atom stereocenters. The molecule has 0 radical (unpaired) electrons. The van der Waals surface area contributed by atoms with Crippen molar-refractivity contribution in [2.75, 3.05) is 7.05 Å². The molecule has 148 valence electrons. The van der Waals surface area contributed by atoms with Crippen molar-refractivity contribution in [1.29, 1.82) is 0 Å². The van der Waals surface area contributed by atoms with Crippen molar-refractivity contribution in [3.05, 3.63) is 70.3 Å². The van der Waals surface area contributed by atoms with Crippen LogP contribution in [0.15, 0.2) is 41.5 Å². The summed E-state index contributed by atoms with van der Waals surface area (Å²) in [5.74, 6) is -4.69. The summed E-state index contributed by atoms with van der Waals surface area (Å²) in [7, 11) is 0.969. The summed E-state index contributed by atoms with van der Waals surface area (Å²) in [6.07, 6.45) is -4.16. The van der Waals surface area contributed by atoms with Crippen molar-refractivity contribution >= 4 is 18.0 Å². The van der Waals surface area contributed by atoms with Crippen LogP contribution >= 0.6 is 0 Å². The number of hydrazone groups is 1. The van der Waals surface area contributed by atoms with Crippen LogP contribution in [0.1, 0.15) is 31.8 Å². The highest BCUT2D eigenvalue weighted by molar-refractivity contribution is 5.97. The van der Waals surface area contributed by atoms with Crippen LogP contribution < -0.4 is 5.48 Å². The summed E-state index contributed by atoms with van der Waals surface area (Å²) >= 11 is 0. The molecule has 0 saturated heterocycles. The Labute approximate surface area is 154 Å². The van der Waals surface area contributed by atoms with Gasteiger partial charge in [0.2, 0.25) is 0 Å². The number of halogens is 5. The van der Waals surface area contributed by atoms with Gasteiger partial charge >= 0.3 is 6.18 Å². The van der Waals surface area contributed by atoms with Gasteiger partial charge in [0.25, 0.3) is 11.8 Å². The van der Waals surface area contributed by atoms with Crippen molar-refractivity contribution in [3.8, 4) is 0 Å². The fraction of sp³-hybridized carbons (Fsp3) is 0.118. The topological polar surface area (TPSA) is 82.0 Å². The fourth-order valence-corrected chi connectivity index (χ4v) is 2.18. The van der Waals surface area contributed by atoms with Gasteiger partial charge in [-0.2, -0.15) is 18.3 Å². The first-order valence-electron chi connectivity index (χ1n) is 7.48. The van der Waals surface area contributed by atoms with Crippen molar-refractivity contribution in [2.45, 2.75) is 6.18 Å². The largest absolute Gasteiger partial charge is 0.417 e. The highest BCUT2D eigenvalue weighted by Gasteiger charge is 2.37. The van der Waals surface area contributed by atoms with Gasteiger partial charge in [-0.25, -0.2) is 19.3 Å². The zero-order chi connectivity index (χ0) is 21.1. The Morgan fingerprint density at radius 3 is 2.39 bits per heavy atom. The molecule has 0 saturated carbocycles. The van der Waals surface area contributed by atoms with E-state index in [9.17, 15) is 31.5 Å². The molecule has 2 aromatic carbocycles. The van der Waals surface area contributed by atoms with E-state index in [-0.39, 0.29) is 11.1 Å². The summed E-state index contributed by atoms with van der Waals surface area (Å²) in [6.45, 7) is 0. The van der Waals surface area contributed by atoms with Crippen LogP contribution in [-0.2, 0) is 6.18 Å². The molecule has 0 aromatic heterocycles. The Kier molecular flexibility index (Phi) is 6.09. The molecule has 0 fully saturated rings. The maximum atomic E-state index is 13.9. The number of rotatable bonds is 4. The van der Waals surface area contributed by atoms with E-state index in [1.165, 1.54) is 5.48 Å². The molecule has 0 aliphatic rings. The van der Waals surface area contributed by atoms with Gasteiger partial charge in [0.05, 0.1) is 17.3 Å². The van der Waals surface area contributed by atoms with Gasteiger partial charge in [-0.3, -0.25) is 14.8 Å². The number of hydrogen-bond acceptors (Lipinski definition) is 4. The summed E-state index contributed by atoms with van der Waals surface area (Å²) < 4.78 is 66.8. The summed E-state index contributed by atoms with van der Waals surface area (Å²) in [6, 6.07) is 5.07. The van der Waals surface area contributed by atoms with E-state index in [1.807, 2.05) is 0 Å². The molecule has 28 heavy (non-hydrogen) atoms. The minimum atomic E-state index is -4.97. The van der Waals surface area contributed by atoms with E-state index in [0.29, 0.717) is 17.1 Å². The zero-order valence-corrected chi connectivity index (χ0v) is 14.1. The number of alkyl halides is 3. The maximum absolute atomic E-state index is 13.9. The number of nitrogens with zero attached hydrogens (tertiary/aromatic N) is 2. The molecule has 2 rings (SSSR count). The van der Waals surface area contributed by atoms with Gasteiger partial charge in [-0.1, -0.05) is 6.07 Å². The normalized spacial score (nSPS) is 11.5. The number of amides is 2. The van der Waals surface area contributed by atoms with Crippen molar-refractivity contribution in [3.63, 3.8) is 0 Å². The van der Waals surface area contributed by atoms with E-state index in [2.05, 4.69) is 5.10 Å². The third-order valence-electron chi connectivity index (χ3n) is 3.56. The Hall–Kier alpha value is -3.34. The first kappa shape index (κ1) is 21.0. The lowest BCUT2D eigenvalue weighted by Crippen LogP contribution is -2.26. The van der Waals surface area contributed by atoms with Crippen molar-refractivity contribution < 1.29 is 36.7 Å². The lowest BCUT2D eigenvalue weighted by atomic mass is 10.1. The monoisotopic (exact) mass is 401 g/mol. The van der Waals surface area contributed by atoms with Gasteiger partial charge in [0.1, 0.15) is 11.6 Å². The first-order chi connectivity index (χ1) is 13.1. The molecule has 2 amide bonds. The summed E-state index contributed by atoms with van der Waals surface area (Å²) in [5, 5.41) is 12.4. The fourth-order valence-electron chi connectivity index (χ4n) is 2.18. The average Bonchev–Trinajstić information content (AvgIpc) is 2.64. The second kappa shape index (κ2) is 8.13. The van der Waals surface area contributed by atoms with Crippen LogP contribution in [0.25, 0.3) is 0 Å².